The summed E-state index contributed by atoms with van der Waals surface area (Å²) in [7, 11) is 0. The molecule has 2 nitrogen and oxygen atoms in total. The molecule has 3 heteroatoms. The lowest BCUT2D eigenvalue weighted by atomic mass is 10.2. The van der Waals surface area contributed by atoms with Crippen LogP contribution in [-0.2, 0) is 4.79 Å². The number of halogens is 1. The molecule has 1 saturated carbocycles. The van der Waals surface area contributed by atoms with Crippen molar-refractivity contribution in [2.24, 2.45) is 5.92 Å². The largest absolute Gasteiger partial charge is 0.338 e. The predicted molar refractivity (Wildman–Crippen MR) is 43.3 cm³/mol. The number of carbonyl (C=O) groups excluding carboxylic acids is 1. The summed E-state index contributed by atoms with van der Waals surface area (Å²) in [6.07, 6.45) is 4.53. The Bertz CT molecular complexity index is 227. The molecule has 66 valence electrons. The molecule has 0 N–H and O–H groups in total. The van der Waals surface area contributed by atoms with Crippen molar-refractivity contribution in [1.82, 2.24) is 4.90 Å². The molecule has 0 aromatic carbocycles. The van der Waals surface area contributed by atoms with E-state index in [1.807, 2.05) is 6.08 Å². The van der Waals surface area contributed by atoms with Gasteiger partial charge in [-0.15, -0.1) is 0 Å². The Balaban J connectivity index is 1.91. The number of carbonyl (C=O) groups is 1. The van der Waals surface area contributed by atoms with Crippen molar-refractivity contribution in [2.45, 2.75) is 19.0 Å². The van der Waals surface area contributed by atoms with Crippen LogP contribution in [0.4, 0.5) is 4.39 Å². The Labute approximate surface area is 71.0 Å². The zero-order valence-electron chi connectivity index (χ0n) is 6.87. The van der Waals surface area contributed by atoms with Gasteiger partial charge in [-0.3, -0.25) is 4.79 Å². The van der Waals surface area contributed by atoms with E-state index in [4.69, 9.17) is 0 Å². The third-order valence-electron chi connectivity index (χ3n) is 2.40. The van der Waals surface area contributed by atoms with Gasteiger partial charge in [-0.1, -0.05) is 12.2 Å². The highest BCUT2D eigenvalue weighted by atomic mass is 19.1. The SMILES string of the molecule is O=C(C1CC1F)N1CC=CCC1. The maximum atomic E-state index is 12.5. The molecule has 0 aromatic rings. The van der Waals surface area contributed by atoms with E-state index in [9.17, 15) is 9.18 Å². The fourth-order valence-corrected chi connectivity index (χ4v) is 1.50. The first-order chi connectivity index (χ1) is 5.79. The Hall–Kier alpha value is -0.860. The van der Waals surface area contributed by atoms with Gasteiger partial charge in [-0.05, 0) is 12.8 Å². The lowest BCUT2D eigenvalue weighted by Crippen LogP contribution is -2.35. The summed E-state index contributed by atoms with van der Waals surface area (Å²) in [4.78, 5) is 13.2. The van der Waals surface area contributed by atoms with E-state index < -0.39 is 6.17 Å². The fraction of sp³-hybridized carbons (Fsp3) is 0.667. The van der Waals surface area contributed by atoms with Crippen LogP contribution in [0.15, 0.2) is 12.2 Å². The molecular weight excluding hydrogens is 157 g/mol. The smallest absolute Gasteiger partial charge is 0.229 e. The summed E-state index contributed by atoms with van der Waals surface area (Å²) < 4.78 is 12.5. The summed E-state index contributed by atoms with van der Waals surface area (Å²) >= 11 is 0. The number of nitrogens with zero attached hydrogens (tertiary/aromatic N) is 1. The van der Waals surface area contributed by atoms with Crippen LogP contribution in [0.5, 0.6) is 0 Å². The molecule has 0 saturated heterocycles. The monoisotopic (exact) mass is 169 g/mol. The van der Waals surface area contributed by atoms with Crippen LogP contribution in [0, 0.1) is 5.92 Å². The van der Waals surface area contributed by atoms with Crippen LogP contribution < -0.4 is 0 Å². The van der Waals surface area contributed by atoms with Gasteiger partial charge in [0.1, 0.15) is 6.17 Å². The van der Waals surface area contributed by atoms with Crippen LogP contribution in [0.3, 0.4) is 0 Å². The van der Waals surface area contributed by atoms with Crippen LogP contribution in [0.2, 0.25) is 0 Å². The third kappa shape index (κ3) is 1.36. The molecule has 0 spiro atoms. The van der Waals surface area contributed by atoms with Crippen molar-refractivity contribution in [3.63, 3.8) is 0 Å². The zero-order valence-corrected chi connectivity index (χ0v) is 6.87. The van der Waals surface area contributed by atoms with Gasteiger partial charge < -0.3 is 4.90 Å². The maximum absolute atomic E-state index is 12.5. The van der Waals surface area contributed by atoms with Crippen molar-refractivity contribution in [2.75, 3.05) is 13.1 Å². The van der Waals surface area contributed by atoms with Gasteiger partial charge in [0, 0.05) is 13.1 Å². The van der Waals surface area contributed by atoms with Gasteiger partial charge in [0.05, 0.1) is 5.92 Å². The predicted octanol–water partition coefficient (Wildman–Crippen LogP) is 1.13. The second-order valence-corrected chi connectivity index (χ2v) is 3.40. The number of hydrogen-bond acceptors (Lipinski definition) is 1. The molecular formula is C9H12FNO. The van der Waals surface area contributed by atoms with E-state index in [1.165, 1.54) is 0 Å². The van der Waals surface area contributed by atoms with E-state index in [1.54, 1.807) is 4.90 Å². The van der Waals surface area contributed by atoms with Crippen molar-refractivity contribution < 1.29 is 9.18 Å². The first kappa shape index (κ1) is 7.77. The van der Waals surface area contributed by atoms with Gasteiger partial charge in [-0.2, -0.15) is 0 Å². The van der Waals surface area contributed by atoms with Crippen LogP contribution >= 0.6 is 0 Å². The first-order valence-electron chi connectivity index (χ1n) is 4.37. The Morgan fingerprint density at radius 1 is 1.50 bits per heavy atom. The van der Waals surface area contributed by atoms with Gasteiger partial charge in [0.2, 0.25) is 5.91 Å². The summed E-state index contributed by atoms with van der Waals surface area (Å²) in [6.45, 7) is 1.43. The minimum absolute atomic E-state index is 0.00634. The summed E-state index contributed by atoms with van der Waals surface area (Å²) in [6, 6.07) is 0. The van der Waals surface area contributed by atoms with E-state index in [2.05, 4.69) is 6.08 Å². The molecule has 2 unspecified atom stereocenters. The number of amides is 1. The minimum atomic E-state index is -0.858. The molecule has 1 heterocycles. The lowest BCUT2D eigenvalue weighted by Gasteiger charge is -2.23. The second-order valence-electron chi connectivity index (χ2n) is 3.40. The van der Waals surface area contributed by atoms with Crippen molar-refractivity contribution in [1.29, 1.82) is 0 Å². The Morgan fingerprint density at radius 3 is 2.75 bits per heavy atom. The summed E-state index contributed by atoms with van der Waals surface area (Å²) in [5.74, 6) is -0.302. The molecule has 0 bridgehead atoms. The third-order valence-corrected chi connectivity index (χ3v) is 2.40. The summed E-state index contributed by atoms with van der Waals surface area (Å²) in [5.41, 5.74) is 0. The zero-order chi connectivity index (χ0) is 8.55. The number of rotatable bonds is 1. The lowest BCUT2D eigenvalue weighted by molar-refractivity contribution is -0.132. The van der Waals surface area contributed by atoms with Gasteiger partial charge in [0.15, 0.2) is 0 Å². The number of alkyl halides is 1. The fourth-order valence-electron chi connectivity index (χ4n) is 1.50. The van der Waals surface area contributed by atoms with Gasteiger partial charge in [-0.25, -0.2) is 4.39 Å². The first-order valence-corrected chi connectivity index (χ1v) is 4.37. The van der Waals surface area contributed by atoms with E-state index in [-0.39, 0.29) is 11.8 Å². The molecule has 1 aliphatic heterocycles. The standard InChI is InChI=1S/C9H12FNO/c10-8-6-7(8)9(12)11-4-2-1-3-5-11/h1-2,7-8H,3-6H2. The van der Waals surface area contributed by atoms with Crippen molar-refractivity contribution in [3.05, 3.63) is 12.2 Å². The van der Waals surface area contributed by atoms with E-state index >= 15 is 0 Å². The van der Waals surface area contributed by atoms with Crippen LogP contribution in [0.25, 0.3) is 0 Å². The van der Waals surface area contributed by atoms with Crippen molar-refractivity contribution >= 4 is 5.91 Å². The molecule has 2 atom stereocenters. The molecule has 1 amide bonds. The number of hydrogen-bond donors (Lipinski definition) is 0. The molecule has 12 heavy (non-hydrogen) atoms. The summed E-state index contributed by atoms with van der Waals surface area (Å²) in [5, 5.41) is 0. The molecule has 1 aliphatic carbocycles. The maximum Gasteiger partial charge on any atom is 0.229 e. The van der Waals surface area contributed by atoms with Crippen LogP contribution in [-0.4, -0.2) is 30.1 Å². The molecule has 1 fully saturated rings. The van der Waals surface area contributed by atoms with E-state index in [0.29, 0.717) is 13.0 Å². The van der Waals surface area contributed by atoms with E-state index in [0.717, 1.165) is 13.0 Å². The molecule has 0 radical (unpaired) electrons. The topological polar surface area (TPSA) is 20.3 Å². The average Bonchev–Trinajstić information content (AvgIpc) is 2.83. The highest BCUT2D eigenvalue weighted by Gasteiger charge is 2.45. The van der Waals surface area contributed by atoms with Crippen molar-refractivity contribution in [3.8, 4) is 0 Å². The minimum Gasteiger partial charge on any atom is -0.338 e. The average molecular weight is 169 g/mol. The molecule has 2 rings (SSSR count). The molecule has 2 aliphatic rings. The normalized spacial score (nSPS) is 33.6. The quantitative estimate of drug-likeness (QED) is 0.539. The van der Waals surface area contributed by atoms with Gasteiger partial charge in [0.25, 0.3) is 0 Å². The van der Waals surface area contributed by atoms with Gasteiger partial charge >= 0.3 is 0 Å². The Morgan fingerprint density at radius 2 is 2.25 bits per heavy atom. The highest BCUT2D eigenvalue weighted by molar-refractivity contribution is 5.82. The highest BCUT2D eigenvalue weighted by Crippen LogP contribution is 2.35. The molecule has 0 aromatic heterocycles. The second kappa shape index (κ2) is 2.88. The van der Waals surface area contributed by atoms with Crippen LogP contribution in [0.1, 0.15) is 12.8 Å². The Kier molecular flexibility index (Phi) is 1.87.